The number of hydrogen-bond acceptors (Lipinski definition) is 5. The van der Waals surface area contributed by atoms with E-state index in [1.165, 1.54) is 24.3 Å². The lowest BCUT2D eigenvalue weighted by Crippen LogP contribution is -2.35. The number of nitrogens with zero attached hydrogens (tertiary/aromatic N) is 1. The molecule has 3 atom stereocenters. The summed E-state index contributed by atoms with van der Waals surface area (Å²) in [6, 6.07) is 5.59. The normalized spacial score (nSPS) is 22.1. The van der Waals surface area contributed by atoms with E-state index < -0.39 is 15.7 Å². The van der Waals surface area contributed by atoms with Crippen molar-refractivity contribution in [2.24, 2.45) is 11.7 Å². The van der Waals surface area contributed by atoms with Gasteiger partial charge in [-0.05, 0) is 18.6 Å². The van der Waals surface area contributed by atoms with Gasteiger partial charge in [-0.25, -0.2) is 0 Å². The number of non-ortho nitro benzene ring substituents is 1. The van der Waals surface area contributed by atoms with Crippen LogP contribution in [0.2, 0.25) is 0 Å². The largest absolute Gasteiger partial charge is 0.381 e. The molecule has 1 saturated heterocycles. The van der Waals surface area contributed by atoms with E-state index in [1.54, 1.807) is 0 Å². The predicted octanol–water partition coefficient (Wildman–Crippen LogP) is 1.07. The highest BCUT2D eigenvalue weighted by atomic mass is 32.2. The highest BCUT2D eigenvalue weighted by Gasteiger charge is 2.24. The molecule has 1 aromatic rings. The van der Waals surface area contributed by atoms with Gasteiger partial charge in [0.1, 0.15) is 0 Å². The molecule has 1 aliphatic rings. The van der Waals surface area contributed by atoms with Crippen molar-refractivity contribution in [3.63, 3.8) is 0 Å². The molecule has 7 heteroatoms. The van der Waals surface area contributed by atoms with Crippen molar-refractivity contribution in [1.29, 1.82) is 0 Å². The van der Waals surface area contributed by atoms with Gasteiger partial charge in [-0.3, -0.25) is 14.3 Å². The third kappa shape index (κ3) is 3.59. The monoisotopic (exact) mass is 284 g/mol. The molecule has 0 amide bonds. The highest BCUT2D eigenvalue weighted by Crippen LogP contribution is 2.19. The molecule has 6 nitrogen and oxygen atoms in total. The molecule has 0 radical (unpaired) electrons. The summed E-state index contributed by atoms with van der Waals surface area (Å²) in [6.45, 7) is 1.33. The molecule has 1 heterocycles. The molecule has 1 aromatic carbocycles. The Labute approximate surface area is 113 Å². The van der Waals surface area contributed by atoms with Crippen LogP contribution < -0.4 is 5.73 Å². The first-order valence-corrected chi connectivity index (χ1v) is 7.36. The lowest BCUT2D eigenvalue weighted by Gasteiger charge is -2.16. The molecule has 2 N–H and O–H groups in total. The molecule has 0 spiro atoms. The van der Waals surface area contributed by atoms with Crippen molar-refractivity contribution < 1.29 is 13.9 Å². The molecule has 19 heavy (non-hydrogen) atoms. The Morgan fingerprint density at radius 1 is 1.47 bits per heavy atom. The molecule has 0 aromatic heterocycles. The number of nitrogens with two attached hydrogens (primary N) is 1. The molecular weight excluding hydrogens is 268 g/mol. The summed E-state index contributed by atoms with van der Waals surface area (Å²) in [5.74, 6) is 0.605. The van der Waals surface area contributed by atoms with E-state index in [-0.39, 0.29) is 17.6 Å². The quantitative estimate of drug-likeness (QED) is 0.644. The minimum Gasteiger partial charge on any atom is -0.381 e. The van der Waals surface area contributed by atoms with Crippen molar-refractivity contribution in [2.75, 3.05) is 19.0 Å². The summed E-state index contributed by atoms with van der Waals surface area (Å²) in [6.07, 6.45) is 0.901. The SMILES string of the molecule is NC(CS(=O)c1ccc([N+](=O)[O-])cc1)C1CCOC1. The average Bonchev–Trinajstić information content (AvgIpc) is 2.92. The number of hydrogen-bond donors (Lipinski definition) is 1. The van der Waals surface area contributed by atoms with Crippen molar-refractivity contribution in [3.05, 3.63) is 34.4 Å². The summed E-state index contributed by atoms with van der Waals surface area (Å²) >= 11 is 0. The molecule has 1 fully saturated rings. The summed E-state index contributed by atoms with van der Waals surface area (Å²) in [5.41, 5.74) is 6.01. The van der Waals surface area contributed by atoms with Crippen molar-refractivity contribution in [3.8, 4) is 0 Å². The molecule has 0 bridgehead atoms. The van der Waals surface area contributed by atoms with Crippen LogP contribution in [0.1, 0.15) is 6.42 Å². The number of rotatable bonds is 5. The van der Waals surface area contributed by atoms with Crippen molar-refractivity contribution >= 4 is 16.5 Å². The smallest absolute Gasteiger partial charge is 0.269 e. The van der Waals surface area contributed by atoms with Gasteiger partial charge < -0.3 is 10.5 Å². The van der Waals surface area contributed by atoms with Crippen molar-refractivity contribution in [2.45, 2.75) is 17.4 Å². The highest BCUT2D eigenvalue weighted by molar-refractivity contribution is 7.85. The Morgan fingerprint density at radius 2 is 2.16 bits per heavy atom. The van der Waals surface area contributed by atoms with Crippen LogP contribution in [0.5, 0.6) is 0 Å². The number of nitro benzene ring substituents is 1. The van der Waals surface area contributed by atoms with Crippen LogP contribution in [-0.4, -0.2) is 34.1 Å². The fraction of sp³-hybridized carbons (Fsp3) is 0.500. The fourth-order valence-corrected chi connectivity index (χ4v) is 3.27. The van der Waals surface area contributed by atoms with Gasteiger partial charge in [-0.2, -0.15) is 0 Å². The van der Waals surface area contributed by atoms with Crippen LogP contribution in [0, 0.1) is 16.0 Å². The Hall–Kier alpha value is -1.31. The van der Waals surface area contributed by atoms with E-state index >= 15 is 0 Å². The van der Waals surface area contributed by atoms with Crippen LogP contribution in [0.3, 0.4) is 0 Å². The Balaban J connectivity index is 1.97. The van der Waals surface area contributed by atoms with E-state index in [4.69, 9.17) is 10.5 Å². The van der Waals surface area contributed by atoms with Crippen molar-refractivity contribution in [1.82, 2.24) is 0 Å². The maximum Gasteiger partial charge on any atom is 0.269 e. The first-order chi connectivity index (χ1) is 9.08. The second kappa shape index (κ2) is 6.23. The van der Waals surface area contributed by atoms with Gasteiger partial charge in [0.05, 0.1) is 22.3 Å². The third-order valence-corrected chi connectivity index (χ3v) is 4.71. The lowest BCUT2D eigenvalue weighted by molar-refractivity contribution is -0.384. The number of nitro groups is 1. The standard InChI is InChI=1S/C12H16N2O4S/c13-12(9-5-6-18-7-9)8-19(17)11-3-1-10(2-4-11)14(15)16/h1-4,9,12H,5-8,13H2. The van der Waals surface area contributed by atoms with Gasteiger partial charge in [-0.1, -0.05) is 0 Å². The number of ether oxygens (including phenoxy) is 1. The van der Waals surface area contributed by atoms with Gasteiger partial charge in [-0.15, -0.1) is 0 Å². The van der Waals surface area contributed by atoms with E-state index in [1.807, 2.05) is 0 Å². The molecule has 3 unspecified atom stereocenters. The molecule has 0 saturated carbocycles. The second-order valence-corrected chi connectivity index (χ2v) is 6.05. The fourth-order valence-electron chi connectivity index (χ4n) is 2.02. The summed E-state index contributed by atoms with van der Waals surface area (Å²) < 4.78 is 17.4. The van der Waals surface area contributed by atoms with Gasteiger partial charge in [0.25, 0.3) is 5.69 Å². The Kier molecular flexibility index (Phi) is 4.62. The Bertz CT molecular complexity index is 471. The van der Waals surface area contributed by atoms with Gasteiger partial charge in [0, 0.05) is 41.3 Å². The average molecular weight is 284 g/mol. The summed E-state index contributed by atoms with van der Waals surface area (Å²) in [7, 11) is -1.23. The van der Waals surface area contributed by atoms with E-state index in [0.29, 0.717) is 23.9 Å². The molecule has 104 valence electrons. The first-order valence-electron chi connectivity index (χ1n) is 6.04. The van der Waals surface area contributed by atoms with Gasteiger partial charge >= 0.3 is 0 Å². The maximum atomic E-state index is 12.1. The van der Waals surface area contributed by atoms with Crippen LogP contribution >= 0.6 is 0 Å². The van der Waals surface area contributed by atoms with E-state index in [2.05, 4.69) is 0 Å². The van der Waals surface area contributed by atoms with E-state index in [9.17, 15) is 14.3 Å². The molecule has 0 aliphatic carbocycles. The zero-order chi connectivity index (χ0) is 13.8. The summed E-state index contributed by atoms with van der Waals surface area (Å²) in [5, 5.41) is 10.5. The maximum absolute atomic E-state index is 12.1. The number of benzene rings is 1. The second-order valence-electron chi connectivity index (χ2n) is 4.55. The zero-order valence-electron chi connectivity index (χ0n) is 10.4. The molecular formula is C12H16N2O4S. The zero-order valence-corrected chi connectivity index (χ0v) is 11.2. The minimum absolute atomic E-state index is 0.00533. The van der Waals surface area contributed by atoms with Crippen LogP contribution in [0.4, 0.5) is 5.69 Å². The van der Waals surface area contributed by atoms with Crippen LogP contribution in [-0.2, 0) is 15.5 Å². The minimum atomic E-state index is -1.23. The van der Waals surface area contributed by atoms with Crippen LogP contribution in [0.25, 0.3) is 0 Å². The van der Waals surface area contributed by atoms with Gasteiger partial charge in [0.2, 0.25) is 0 Å². The van der Waals surface area contributed by atoms with Gasteiger partial charge in [0.15, 0.2) is 0 Å². The first kappa shape index (κ1) is 14.1. The Morgan fingerprint density at radius 3 is 2.68 bits per heavy atom. The van der Waals surface area contributed by atoms with E-state index in [0.717, 1.165) is 6.42 Å². The third-order valence-electron chi connectivity index (χ3n) is 3.22. The topological polar surface area (TPSA) is 95.5 Å². The molecule has 1 aliphatic heterocycles. The lowest BCUT2D eigenvalue weighted by atomic mass is 10.0. The summed E-state index contributed by atoms with van der Waals surface area (Å²) in [4.78, 5) is 10.6. The molecule has 2 rings (SSSR count). The van der Waals surface area contributed by atoms with Crippen LogP contribution in [0.15, 0.2) is 29.2 Å². The predicted molar refractivity (Wildman–Crippen MR) is 71.3 cm³/mol.